The number of carbonyl (C=O) groups is 1. The Labute approximate surface area is 96.3 Å². The molecule has 1 saturated carbocycles. The molecule has 1 aliphatic heterocycles. The van der Waals surface area contributed by atoms with Gasteiger partial charge in [0, 0.05) is 19.0 Å². The highest BCUT2D eigenvalue weighted by Crippen LogP contribution is 2.32. The van der Waals surface area contributed by atoms with Crippen molar-refractivity contribution in [1.29, 1.82) is 0 Å². The van der Waals surface area contributed by atoms with Gasteiger partial charge in [0.05, 0.1) is 0 Å². The molecule has 0 radical (unpaired) electrons. The van der Waals surface area contributed by atoms with E-state index < -0.39 is 0 Å². The third-order valence-corrected chi connectivity index (χ3v) is 3.61. The summed E-state index contributed by atoms with van der Waals surface area (Å²) in [4.78, 5) is 14.0. The van der Waals surface area contributed by atoms with Gasteiger partial charge in [-0.3, -0.25) is 4.79 Å². The highest BCUT2D eigenvalue weighted by atomic mass is 16.2. The van der Waals surface area contributed by atoms with Crippen LogP contribution in [0.25, 0.3) is 0 Å². The first kappa shape index (κ1) is 9.88. The molecule has 0 N–H and O–H groups in total. The number of hydrogen-bond donors (Lipinski definition) is 0. The summed E-state index contributed by atoms with van der Waals surface area (Å²) in [6.45, 7) is 3.86. The minimum atomic E-state index is 0.354. The normalized spacial score (nSPS) is 19.4. The first-order chi connectivity index (χ1) is 7.74. The van der Waals surface area contributed by atoms with Gasteiger partial charge in [0.2, 0.25) is 5.91 Å². The Hall–Kier alpha value is -1.31. The smallest absolute Gasteiger partial charge is 0.225 e. The fraction of sp³-hybridized carbons (Fsp3) is 0.500. The number of benzene rings is 1. The molecule has 0 bridgehead atoms. The molecule has 0 unspecified atom stereocenters. The van der Waals surface area contributed by atoms with Crippen LogP contribution in [0.3, 0.4) is 0 Å². The van der Waals surface area contributed by atoms with Crippen LogP contribution in [-0.2, 0) is 17.8 Å². The molecule has 0 spiro atoms. The van der Waals surface area contributed by atoms with E-state index >= 15 is 0 Å². The quantitative estimate of drug-likeness (QED) is 0.704. The lowest BCUT2D eigenvalue weighted by Crippen LogP contribution is -2.36. The largest absolute Gasteiger partial charge is 0.338 e. The maximum Gasteiger partial charge on any atom is 0.225 e. The third-order valence-electron chi connectivity index (χ3n) is 3.61. The molecular weight excluding hydrogens is 198 g/mol. The van der Waals surface area contributed by atoms with Crippen molar-refractivity contribution >= 4 is 5.91 Å². The highest BCUT2D eigenvalue weighted by molar-refractivity contribution is 5.81. The molecular formula is C14H17NO. The molecule has 1 heterocycles. The number of amides is 1. The predicted octanol–water partition coefficient (Wildman–Crippen LogP) is 2.29. The number of hydrogen-bond acceptors (Lipinski definition) is 1. The zero-order valence-corrected chi connectivity index (χ0v) is 9.70. The van der Waals surface area contributed by atoms with E-state index in [1.165, 1.54) is 16.7 Å². The van der Waals surface area contributed by atoms with Crippen LogP contribution in [0, 0.1) is 12.8 Å². The van der Waals surface area contributed by atoms with Crippen LogP contribution >= 0.6 is 0 Å². The van der Waals surface area contributed by atoms with Crippen molar-refractivity contribution in [2.75, 3.05) is 6.54 Å². The molecule has 3 rings (SSSR count). The summed E-state index contributed by atoms with van der Waals surface area (Å²) in [5.41, 5.74) is 4.09. The van der Waals surface area contributed by atoms with Crippen molar-refractivity contribution in [3.05, 3.63) is 34.9 Å². The molecule has 0 saturated heterocycles. The van der Waals surface area contributed by atoms with Crippen LogP contribution in [-0.4, -0.2) is 17.4 Å². The van der Waals surface area contributed by atoms with E-state index in [9.17, 15) is 4.79 Å². The molecule has 0 atom stereocenters. The number of fused-ring (bicyclic) bond motifs is 1. The number of carbonyl (C=O) groups excluding carboxylic acids is 1. The molecule has 84 valence electrons. The van der Waals surface area contributed by atoms with Gasteiger partial charge in [-0.05, 0) is 37.3 Å². The monoisotopic (exact) mass is 215 g/mol. The van der Waals surface area contributed by atoms with Crippen molar-refractivity contribution in [2.24, 2.45) is 5.92 Å². The minimum absolute atomic E-state index is 0.354. The third kappa shape index (κ3) is 1.73. The molecule has 1 aliphatic carbocycles. The fourth-order valence-corrected chi connectivity index (χ4v) is 2.46. The van der Waals surface area contributed by atoms with Gasteiger partial charge >= 0.3 is 0 Å². The summed E-state index contributed by atoms with van der Waals surface area (Å²) in [5.74, 6) is 0.734. The average Bonchev–Trinajstić information content (AvgIpc) is 3.11. The Kier molecular flexibility index (Phi) is 2.23. The van der Waals surface area contributed by atoms with E-state index in [4.69, 9.17) is 0 Å². The zero-order chi connectivity index (χ0) is 11.1. The number of nitrogens with zero attached hydrogens (tertiary/aromatic N) is 1. The van der Waals surface area contributed by atoms with Crippen LogP contribution in [0.2, 0.25) is 0 Å². The standard InChI is InChI=1S/C14H17NO/c1-10-2-3-13-9-15(7-6-12(13)8-10)14(16)11-4-5-11/h2-3,8,11H,4-7,9H2,1H3. The van der Waals surface area contributed by atoms with Gasteiger partial charge in [0.15, 0.2) is 0 Å². The number of aryl methyl sites for hydroxylation is 1. The van der Waals surface area contributed by atoms with Crippen molar-refractivity contribution in [3.63, 3.8) is 0 Å². The van der Waals surface area contributed by atoms with Crippen LogP contribution in [0.15, 0.2) is 18.2 Å². The van der Waals surface area contributed by atoms with Gasteiger partial charge in [-0.2, -0.15) is 0 Å². The first-order valence-electron chi connectivity index (χ1n) is 6.11. The lowest BCUT2D eigenvalue weighted by molar-refractivity contribution is -0.133. The Balaban J connectivity index is 1.80. The van der Waals surface area contributed by atoms with Crippen LogP contribution in [0.5, 0.6) is 0 Å². The summed E-state index contributed by atoms with van der Waals surface area (Å²) < 4.78 is 0. The van der Waals surface area contributed by atoms with E-state index in [2.05, 4.69) is 25.1 Å². The fourth-order valence-electron chi connectivity index (χ4n) is 2.46. The van der Waals surface area contributed by atoms with Crippen molar-refractivity contribution in [3.8, 4) is 0 Å². The molecule has 1 aromatic rings. The van der Waals surface area contributed by atoms with Gasteiger partial charge in [-0.25, -0.2) is 0 Å². The molecule has 1 aromatic carbocycles. The van der Waals surface area contributed by atoms with E-state index in [0.717, 1.165) is 32.4 Å². The second-order valence-electron chi connectivity index (χ2n) is 5.06. The van der Waals surface area contributed by atoms with E-state index in [0.29, 0.717) is 11.8 Å². The molecule has 2 nitrogen and oxygen atoms in total. The summed E-state index contributed by atoms with van der Waals surface area (Å²) in [5, 5.41) is 0. The Bertz CT molecular complexity index is 434. The molecule has 1 amide bonds. The summed E-state index contributed by atoms with van der Waals surface area (Å²) in [6, 6.07) is 6.58. The molecule has 1 fully saturated rings. The van der Waals surface area contributed by atoms with Crippen molar-refractivity contribution < 1.29 is 4.79 Å². The van der Waals surface area contributed by atoms with Crippen LogP contribution < -0.4 is 0 Å². The second kappa shape index (κ2) is 3.62. The lowest BCUT2D eigenvalue weighted by atomic mass is 9.97. The summed E-state index contributed by atoms with van der Waals surface area (Å²) >= 11 is 0. The Morgan fingerprint density at radius 3 is 2.88 bits per heavy atom. The molecule has 0 aromatic heterocycles. The van der Waals surface area contributed by atoms with Crippen LogP contribution in [0.4, 0.5) is 0 Å². The predicted molar refractivity (Wildman–Crippen MR) is 63.0 cm³/mol. The maximum atomic E-state index is 12.0. The average molecular weight is 215 g/mol. The highest BCUT2D eigenvalue weighted by Gasteiger charge is 2.34. The van der Waals surface area contributed by atoms with Gasteiger partial charge in [-0.15, -0.1) is 0 Å². The van der Waals surface area contributed by atoms with E-state index in [-0.39, 0.29) is 0 Å². The van der Waals surface area contributed by atoms with Crippen molar-refractivity contribution in [1.82, 2.24) is 4.90 Å². The molecule has 2 aliphatic rings. The Morgan fingerprint density at radius 2 is 2.12 bits per heavy atom. The first-order valence-corrected chi connectivity index (χ1v) is 6.11. The summed E-state index contributed by atoms with van der Waals surface area (Å²) in [7, 11) is 0. The lowest BCUT2D eigenvalue weighted by Gasteiger charge is -2.29. The second-order valence-corrected chi connectivity index (χ2v) is 5.06. The van der Waals surface area contributed by atoms with Crippen molar-refractivity contribution in [2.45, 2.75) is 32.7 Å². The zero-order valence-electron chi connectivity index (χ0n) is 9.70. The van der Waals surface area contributed by atoms with Crippen LogP contribution in [0.1, 0.15) is 29.5 Å². The minimum Gasteiger partial charge on any atom is -0.338 e. The van der Waals surface area contributed by atoms with Gasteiger partial charge in [0.25, 0.3) is 0 Å². The van der Waals surface area contributed by atoms with Gasteiger partial charge in [-0.1, -0.05) is 23.8 Å². The van der Waals surface area contributed by atoms with Gasteiger partial charge < -0.3 is 4.90 Å². The number of rotatable bonds is 1. The molecule has 16 heavy (non-hydrogen) atoms. The van der Waals surface area contributed by atoms with E-state index in [1.54, 1.807) is 0 Å². The topological polar surface area (TPSA) is 20.3 Å². The summed E-state index contributed by atoms with van der Waals surface area (Å²) in [6.07, 6.45) is 3.24. The Morgan fingerprint density at radius 1 is 1.31 bits per heavy atom. The maximum absolute atomic E-state index is 12.0. The molecule has 2 heteroatoms. The van der Waals surface area contributed by atoms with Gasteiger partial charge in [0.1, 0.15) is 0 Å². The SMILES string of the molecule is Cc1ccc2c(c1)CCN(C(=O)C1CC1)C2. The van der Waals surface area contributed by atoms with E-state index in [1.807, 2.05) is 4.90 Å².